The van der Waals surface area contributed by atoms with Crippen LogP contribution in [0, 0.1) is 0 Å². The van der Waals surface area contributed by atoms with E-state index in [0.29, 0.717) is 38.9 Å². The van der Waals surface area contributed by atoms with Crippen molar-refractivity contribution >= 4 is 33.3 Å². The Morgan fingerprint density at radius 2 is 1.62 bits per heavy atom. The van der Waals surface area contributed by atoms with Gasteiger partial charge in [0.05, 0.1) is 23.7 Å². The molecular weight excluding hydrogens is 404 g/mol. The number of nitrogens with zero attached hydrogens (tertiary/aromatic N) is 1. The fourth-order valence-electron chi connectivity index (χ4n) is 3.85. The molecular formula is C26H18N2O4. The van der Waals surface area contributed by atoms with Crippen LogP contribution in [0.5, 0.6) is 5.75 Å². The largest absolute Gasteiger partial charge is 0.497 e. The van der Waals surface area contributed by atoms with Crippen molar-refractivity contribution in [1.29, 1.82) is 0 Å². The number of ketones is 1. The molecule has 3 aromatic carbocycles. The van der Waals surface area contributed by atoms with E-state index in [2.05, 4.69) is 4.98 Å². The van der Waals surface area contributed by atoms with Gasteiger partial charge < -0.3 is 14.9 Å². The third-order valence-corrected chi connectivity index (χ3v) is 5.41. The van der Waals surface area contributed by atoms with Gasteiger partial charge in [-0.2, -0.15) is 0 Å². The first-order valence-electron chi connectivity index (χ1n) is 9.97. The number of anilines is 1. The van der Waals surface area contributed by atoms with Crippen molar-refractivity contribution in [2.24, 2.45) is 0 Å². The van der Waals surface area contributed by atoms with Gasteiger partial charge >= 0.3 is 5.63 Å². The molecule has 0 atom stereocenters. The second kappa shape index (κ2) is 7.67. The lowest BCUT2D eigenvalue weighted by Crippen LogP contribution is -2.13. The highest BCUT2D eigenvalue weighted by Crippen LogP contribution is 2.36. The van der Waals surface area contributed by atoms with Crippen molar-refractivity contribution in [2.75, 3.05) is 12.8 Å². The molecule has 0 saturated carbocycles. The molecule has 2 heterocycles. The van der Waals surface area contributed by atoms with Crippen LogP contribution in [0.1, 0.15) is 16.1 Å². The van der Waals surface area contributed by atoms with Gasteiger partial charge in [-0.1, -0.05) is 42.5 Å². The number of nitrogen functional groups attached to an aromatic ring is 1. The van der Waals surface area contributed by atoms with Crippen LogP contribution in [-0.2, 0) is 0 Å². The lowest BCUT2D eigenvalue weighted by molar-refractivity contribution is 0.103. The first-order valence-corrected chi connectivity index (χ1v) is 9.97. The first-order chi connectivity index (χ1) is 15.6. The van der Waals surface area contributed by atoms with Gasteiger partial charge in [0.15, 0.2) is 0 Å². The summed E-state index contributed by atoms with van der Waals surface area (Å²) in [6, 6.07) is 23.0. The Bertz CT molecular complexity index is 1540. The van der Waals surface area contributed by atoms with Crippen molar-refractivity contribution in [3.05, 3.63) is 101 Å². The molecule has 0 spiro atoms. The lowest BCUT2D eigenvalue weighted by atomic mass is 9.95. The van der Waals surface area contributed by atoms with Gasteiger partial charge in [0.25, 0.3) is 0 Å². The van der Waals surface area contributed by atoms with Gasteiger partial charge in [0.2, 0.25) is 5.78 Å². The van der Waals surface area contributed by atoms with Crippen LogP contribution < -0.4 is 16.1 Å². The molecule has 0 aliphatic rings. The quantitative estimate of drug-likeness (QED) is 0.253. The average Bonchev–Trinajstić information content (AvgIpc) is 2.84. The summed E-state index contributed by atoms with van der Waals surface area (Å²) in [7, 11) is 1.56. The van der Waals surface area contributed by atoms with Gasteiger partial charge in [0, 0.05) is 16.5 Å². The van der Waals surface area contributed by atoms with E-state index in [9.17, 15) is 9.59 Å². The minimum absolute atomic E-state index is 0.0808. The highest BCUT2D eigenvalue weighted by Gasteiger charge is 2.24. The third-order valence-electron chi connectivity index (χ3n) is 5.41. The molecule has 6 heteroatoms. The van der Waals surface area contributed by atoms with Crippen molar-refractivity contribution in [3.8, 4) is 16.9 Å². The fraction of sp³-hybridized carbons (Fsp3) is 0.0385. The van der Waals surface area contributed by atoms with Crippen LogP contribution in [0.15, 0.2) is 88.1 Å². The van der Waals surface area contributed by atoms with Crippen molar-refractivity contribution in [3.63, 3.8) is 0 Å². The molecule has 0 aliphatic carbocycles. The lowest BCUT2D eigenvalue weighted by Gasteiger charge is -2.14. The smallest absolute Gasteiger partial charge is 0.346 e. The minimum Gasteiger partial charge on any atom is -0.497 e. The number of nitrogens with two attached hydrogens (primary N) is 1. The van der Waals surface area contributed by atoms with Crippen molar-refractivity contribution < 1.29 is 13.9 Å². The van der Waals surface area contributed by atoms with Crippen molar-refractivity contribution in [1.82, 2.24) is 4.98 Å². The Morgan fingerprint density at radius 3 is 2.34 bits per heavy atom. The molecule has 0 radical (unpaired) electrons. The van der Waals surface area contributed by atoms with Gasteiger partial charge in [-0.05, 0) is 42.0 Å². The fourth-order valence-corrected chi connectivity index (χ4v) is 3.85. The minimum atomic E-state index is -0.555. The molecule has 0 saturated heterocycles. The van der Waals surface area contributed by atoms with Crippen molar-refractivity contribution in [2.45, 2.75) is 0 Å². The number of hydrogen-bond acceptors (Lipinski definition) is 6. The molecule has 2 aromatic heterocycles. The Labute approximate surface area is 182 Å². The predicted octanol–water partition coefficient (Wildman–Crippen LogP) is 4.83. The summed E-state index contributed by atoms with van der Waals surface area (Å²) < 4.78 is 10.7. The molecule has 0 unspecified atom stereocenters. The molecule has 0 aliphatic heterocycles. The van der Waals surface area contributed by atoms with Gasteiger partial charge in [-0.25, -0.2) is 9.78 Å². The number of hydrogen-bond donors (Lipinski definition) is 1. The third kappa shape index (κ3) is 3.09. The second-order valence-electron chi connectivity index (χ2n) is 7.28. The summed E-state index contributed by atoms with van der Waals surface area (Å²) in [6.45, 7) is 0. The summed E-state index contributed by atoms with van der Waals surface area (Å²) in [5, 5.41) is 0.877. The SMILES string of the molecule is COc1ccc(C(=O)c2nc3c(c(-c4ccccc4)c2N)c(=O)oc2ccccc23)cc1. The van der Waals surface area contributed by atoms with Crippen LogP contribution in [-0.4, -0.2) is 17.9 Å². The van der Waals surface area contributed by atoms with E-state index >= 15 is 0 Å². The Balaban J connectivity index is 1.88. The summed E-state index contributed by atoms with van der Waals surface area (Å²) in [4.78, 5) is 31.0. The Kier molecular flexibility index (Phi) is 4.67. The van der Waals surface area contributed by atoms with E-state index < -0.39 is 5.63 Å². The maximum absolute atomic E-state index is 13.4. The Hall–Kier alpha value is -4.45. The maximum atomic E-state index is 13.4. The van der Waals surface area contributed by atoms with E-state index in [4.69, 9.17) is 14.9 Å². The zero-order chi connectivity index (χ0) is 22.2. The molecule has 2 N–H and O–H groups in total. The van der Waals surface area contributed by atoms with Crippen LogP contribution in [0.2, 0.25) is 0 Å². The zero-order valence-corrected chi connectivity index (χ0v) is 17.2. The number of benzene rings is 3. The number of aromatic nitrogens is 1. The van der Waals surface area contributed by atoms with E-state index in [1.807, 2.05) is 36.4 Å². The molecule has 5 aromatic rings. The number of ether oxygens (including phenoxy) is 1. The summed E-state index contributed by atoms with van der Waals surface area (Å²) in [5.41, 5.74) is 8.47. The van der Waals surface area contributed by atoms with Crippen LogP contribution >= 0.6 is 0 Å². The van der Waals surface area contributed by atoms with E-state index in [-0.39, 0.29) is 22.6 Å². The van der Waals surface area contributed by atoms with Gasteiger partial charge in [0.1, 0.15) is 17.0 Å². The average molecular weight is 422 g/mol. The number of pyridine rings is 1. The topological polar surface area (TPSA) is 95.4 Å². The number of carbonyl (C=O) groups is 1. The predicted molar refractivity (Wildman–Crippen MR) is 124 cm³/mol. The molecule has 32 heavy (non-hydrogen) atoms. The van der Waals surface area contributed by atoms with Gasteiger partial charge in [-0.15, -0.1) is 0 Å². The number of para-hydroxylation sites is 1. The van der Waals surface area contributed by atoms with Crippen LogP contribution in [0.4, 0.5) is 5.69 Å². The molecule has 0 amide bonds. The molecule has 156 valence electrons. The summed E-state index contributed by atoms with van der Waals surface area (Å²) >= 11 is 0. The molecule has 5 rings (SSSR count). The molecule has 0 fully saturated rings. The number of methoxy groups -OCH3 is 1. The van der Waals surface area contributed by atoms with E-state index in [1.54, 1.807) is 49.6 Å². The maximum Gasteiger partial charge on any atom is 0.346 e. The van der Waals surface area contributed by atoms with Crippen LogP contribution in [0.3, 0.4) is 0 Å². The zero-order valence-electron chi connectivity index (χ0n) is 17.2. The van der Waals surface area contributed by atoms with Gasteiger partial charge in [-0.3, -0.25) is 4.79 Å². The monoisotopic (exact) mass is 422 g/mol. The molecule has 0 bridgehead atoms. The highest BCUT2D eigenvalue weighted by atomic mass is 16.5. The summed E-state index contributed by atoms with van der Waals surface area (Å²) in [6.07, 6.45) is 0. The number of rotatable bonds is 4. The number of fused-ring (bicyclic) bond motifs is 3. The second-order valence-corrected chi connectivity index (χ2v) is 7.28. The highest BCUT2D eigenvalue weighted by molar-refractivity contribution is 6.18. The summed E-state index contributed by atoms with van der Waals surface area (Å²) in [5.74, 6) is 0.288. The van der Waals surface area contributed by atoms with E-state index in [0.717, 1.165) is 0 Å². The number of carbonyl (C=O) groups excluding carboxylic acids is 1. The first kappa shape index (κ1) is 19.5. The van der Waals surface area contributed by atoms with E-state index in [1.165, 1.54) is 0 Å². The Morgan fingerprint density at radius 1 is 0.938 bits per heavy atom. The van der Waals surface area contributed by atoms with Crippen LogP contribution in [0.25, 0.3) is 33.0 Å². The molecule has 6 nitrogen and oxygen atoms in total. The normalized spacial score (nSPS) is 11.0. The standard InChI is InChI=1S/C26H18N2O4/c1-31-17-13-11-16(12-14-17)25(29)24-22(27)20(15-7-3-2-4-8-15)21-23(28-24)18-9-5-6-10-19(18)32-26(21)30/h2-14H,27H2,1H3.